The number of hydrogen-bond acceptors (Lipinski definition) is 2. The minimum absolute atomic E-state index is 0.0520. The highest BCUT2D eigenvalue weighted by Gasteiger charge is 2.07. The van der Waals surface area contributed by atoms with Crippen LogP contribution >= 0.6 is 0 Å². The molecule has 14 heavy (non-hydrogen) atoms. The maximum absolute atomic E-state index is 9.10. The first kappa shape index (κ1) is 11.2. The van der Waals surface area contributed by atoms with Gasteiger partial charge in [0.15, 0.2) is 0 Å². The van der Waals surface area contributed by atoms with Gasteiger partial charge in [-0.05, 0) is 24.1 Å². The topological polar surface area (TPSA) is 32.3 Å². The van der Waals surface area contributed by atoms with Crippen molar-refractivity contribution >= 4 is 0 Å². The molecule has 78 valence electrons. The highest BCUT2D eigenvalue weighted by molar-refractivity contribution is 5.26. The van der Waals surface area contributed by atoms with Crippen LogP contribution in [0.1, 0.15) is 36.9 Å². The standard InChI is InChI=1S/C12H19NO/c1-9(2)10-4-6-11(7-5-10)12(8-14)13-3/h4-7,9,12-14H,8H2,1-3H3/t12-/m0/s1. The average Bonchev–Trinajstić information content (AvgIpc) is 2.20. The molecule has 1 rings (SSSR count). The average molecular weight is 193 g/mol. The fraction of sp³-hybridized carbons (Fsp3) is 0.500. The summed E-state index contributed by atoms with van der Waals surface area (Å²) in [6.07, 6.45) is 0. The van der Waals surface area contributed by atoms with Crippen LogP contribution in [-0.2, 0) is 0 Å². The van der Waals surface area contributed by atoms with E-state index in [1.165, 1.54) is 5.56 Å². The summed E-state index contributed by atoms with van der Waals surface area (Å²) in [7, 11) is 1.86. The lowest BCUT2D eigenvalue weighted by Gasteiger charge is -2.14. The van der Waals surface area contributed by atoms with Gasteiger partial charge in [0.1, 0.15) is 0 Å². The predicted octanol–water partition coefficient (Wildman–Crippen LogP) is 2.06. The molecule has 0 heterocycles. The van der Waals surface area contributed by atoms with E-state index < -0.39 is 0 Å². The first-order valence-corrected chi connectivity index (χ1v) is 5.07. The van der Waals surface area contributed by atoms with Crippen molar-refractivity contribution in [2.45, 2.75) is 25.8 Å². The Morgan fingerprint density at radius 2 is 1.64 bits per heavy atom. The Labute approximate surface area is 86.0 Å². The first-order chi connectivity index (χ1) is 6.69. The van der Waals surface area contributed by atoms with E-state index in [4.69, 9.17) is 5.11 Å². The van der Waals surface area contributed by atoms with E-state index >= 15 is 0 Å². The predicted molar refractivity (Wildman–Crippen MR) is 59.4 cm³/mol. The van der Waals surface area contributed by atoms with Gasteiger partial charge in [0, 0.05) is 0 Å². The van der Waals surface area contributed by atoms with E-state index in [1.54, 1.807) is 0 Å². The van der Waals surface area contributed by atoms with Crippen LogP contribution in [0.3, 0.4) is 0 Å². The number of nitrogens with one attached hydrogen (secondary N) is 1. The van der Waals surface area contributed by atoms with E-state index in [9.17, 15) is 0 Å². The summed E-state index contributed by atoms with van der Waals surface area (Å²) < 4.78 is 0. The molecule has 0 saturated heterocycles. The van der Waals surface area contributed by atoms with Crippen LogP contribution in [0.4, 0.5) is 0 Å². The first-order valence-electron chi connectivity index (χ1n) is 5.07. The third kappa shape index (κ3) is 2.56. The van der Waals surface area contributed by atoms with E-state index in [1.807, 2.05) is 7.05 Å². The summed E-state index contributed by atoms with van der Waals surface area (Å²) in [6.45, 7) is 4.49. The molecule has 2 nitrogen and oxygen atoms in total. The molecule has 0 radical (unpaired) electrons. The number of aliphatic hydroxyl groups is 1. The molecule has 1 aromatic carbocycles. The Balaban J connectivity index is 2.81. The van der Waals surface area contributed by atoms with Crippen molar-refractivity contribution in [2.75, 3.05) is 13.7 Å². The summed E-state index contributed by atoms with van der Waals surface area (Å²) >= 11 is 0. The molecule has 0 amide bonds. The summed E-state index contributed by atoms with van der Waals surface area (Å²) in [5.41, 5.74) is 2.47. The van der Waals surface area contributed by atoms with Gasteiger partial charge in [-0.25, -0.2) is 0 Å². The molecule has 0 saturated carbocycles. The SMILES string of the molecule is CN[C@@H](CO)c1ccc(C(C)C)cc1. The second kappa shape index (κ2) is 5.13. The van der Waals surface area contributed by atoms with E-state index in [0.717, 1.165) is 5.56 Å². The normalized spacial score (nSPS) is 13.2. The van der Waals surface area contributed by atoms with Gasteiger partial charge in [-0.15, -0.1) is 0 Å². The van der Waals surface area contributed by atoms with Crippen LogP contribution in [0.2, 0.25) is 0 Å². The van der Waals surface area contributed by atoms with Gasteiger partial charge in [-0.2, -0.15) is 0 Å². The number of aliphatic hydroxyl groups excluding tert-OH is 1. The van der Waals surface area contributed by atoms with Crippen LogP contribution in [-0.4, -0.2) is 18.8 Å². The summed E-state index contributed by atoms with van der Waals surface area (Å²) in [5.74, 6) is 0.561. The Hall–Kier alpha value is -0.860. The fourth-order valence-corrected chi connectivity index (χ4v) is 1.48. The lowest BCUT2D eigenvalue weighted by Crippen LogP contribution is -2.19. The van der Waals surface area contributed by atoms with Crippen LogP contribution in [0.25, 0.3) is 0 Å². The van der Waals surface area contributed by atoms with Crippen molar-refractivity contribution in [2.24, 2.45) is 0 Å². The lowest BCUT2D eigenvalue weighted by molar-refractivity contribution is 0.251. The van der Waals surface area contributed by atoms with E-state index in [-0.39, 0.29) is 12.6 Å². The number of rotatable bonds is 4. The molecule has 0 aromatic heterocycles. The molecule has 0 aliphatic carbocycles. The maximum Gasteiger partial charge on any atom is 0.0626 e. The van der Waals surface area contributed by atoms with Gasteiger partial charge in [0.2, 0.25) is 0 Å². The Morgan fingerprint density at radius 3 is 2.00 bits per heavy atom. The second-order valence-corrected chi connectivity index (χ2v) is 3.85. The zero-order chi connectivity index (χ0) is 10.6. The zero-order valence-corrected chi connectivity index (χ0v) is 9.12. The molecule has 1 atom stereocenters. The smallest absolute Gasteiger partial charge is 0.0626 e. The van der Waals surface area contributed by atoms with Gasteiger partial charge in [-0.3, -0.25) is 0 Å². The molecular formula is C12H19NO. The summed E-state index contributed by atoms with van der Waals surface area (Å²) in [6, 6.07) is 8.45. The highest BCUT2D eigenvalue weighted by Crippen LogP contribution is 2.18. The minimum atomic E-state index is 0.0520. The molecule has 0 spiro atoms. The van der Waals surface area contributed by atoms with Crippen molar-refractivity contribution in [1.29, 1.82) is 0 Å². The Kier molecular flexibility index (Phi) is 4.11. The quantitative estimate of drug-likeness (QED) is 0.767. The van der Waals surface area contributed by atoms with Gasteiger partial charge >= 0.3 is 0 Å². The highest BCUT2D eigenvalue weighted by atomic mass is 16.3. The lowest BCUT2D eigenvalue weighted by atomic mass is 9.99. The fourth-order valence-electron chi connectivity index (χ4n) is 1.48. The van der Waals surface area contributed by atoms with Crippen LogP contribution in [0.5, 0.6) is 0 Å². The zero-order valence-electron chi connectivity index (χ0n) is 9.12. The molecule has 0 unspecified atom stereocenters. The van der Waals surface area contributed by atoms with Crippen LogP contribution in [0.15, 0.2) is 24.3 Å². The monoisotopic (exact) mass is 193 g/mol. The van der Waals surface area contributed by atoms with E-state index in [0.29, 0.717) is 5.92 Å². The molecule has 0 bridgehead atoms. The molecule has 0 aliphatic rings. The van der Waals surface area contributed by atoms with Gasteiger partial charge in [0.25, 0.3) is 0 Å². The second-order valence-electron chi connectivity index (χ2n) is 3.85. The van der Waals surface area contributed by atoms with Crippen molar-refractivity contribution < 1.29 is 5.11 Å². The number of benzene rings is 1. The van der Waals surface area contributed by atoms with Gasteiger partial charge < -0.3 is 10.4 Å². The van der Waals surface area contributed by atoms with E-state index in [2.05, 4.69) is 43.4 Å². The van der Waals surface area contributed by atoms with Crippen LogP contribution in [0, 0.1) is 0 Å². The molecule has 0 fully saturated rings. The maximum atomic E-state index is 9.10. The van der Waals surface area contributed by atoms with Crippen molar-refractivity contribution in [3.8, 4) is 0 Å². The molecule has 0 aliphatic heterocycles. The van der Waals surface area contributed by atoms with Gasteiger partial charge in [0.05, 0.1) is 12.6 Å². The van der Waals surface area contributed by atoms with Gasteiger partial charge in [-0.1, -0.05) is 38.1 Å². The Bertz CT molecular complexity index is 262. The molecule has 2 N–H and O–H groups in total. The van der Waals surface area contributed by atoms with Crippen molar-refractivity contribution in [3.05, 3.63) is 35.4 Å². The number of likely N-dealkylation sites (N-methyl/N-ethyl adjacent to an activating group) is 1. The Morgan fingerprint density at radius 1 is 1.14 bits per heavy atom. The number of hydrogen-bond donors (Lipinski definition) is 2. The van der Waals surface area contributed by atoms with Crippen molar-refractivity contribution in [1.82, 2.24) is 5.32 Å². The minimum Gasteiger partial charge on any atom is -0.394 e. The molecule has 1 aromatic rings. The van der Waals surface area contributed by atoms with Crippen LogP contribution < -0.4 is 5.32 Å². The molecule has 2 heteroatoms. The summed E-state index contributed by atoms with van der Waals surface area (Å²) in [4.78, 5) is 0. The largest absolute Gasteiger partial charge is 0.394 e. The third-order valence-electron chi connectivity index (χ3n) is 2.54. The summed E-state index contributed by atoms with van der Waals surface area (Å²) in [5, 5.41) is 12.2. The third-order valence-corrected chi connectivity index (χ3v) is 2.54. The van der Waals surface area contributed by atoms with Crippen molar-refractivity contribution in [3.63, 3.8) is 0 Å². The molecular weight excluding hydrogens is 174 g/mol.